The zero-order chi connectivity index (χ0) is 25.3. The molecule has 10 nitrogen and oxygen atoms in total. The molecule has 0 saturated heterocycles. The Bertz CT molecular complexity index is 1550. The first-order chi connectivity index (χ1) is 16.6. The van der Waals surface area contributed by atoms with Crippen molar-refractivity contribution in [3.63, 3.8) is 0 Å². The van der Waals surface area contributed by atoms with Crippen LogP contribution in [-0.4, -0.2) is 44.7 Å². The minimum atomic E-state index is -4.28. The highest BCUT2D eigenvalue weighted by atomic mass is 32.2. The van der Waals surface area contributed by atoms with Gasteiger partial charge in [0.05, 0.1) is 11.3 Å². The minimum absolute atomic E-state index is 0.0777. The fourth-order valence-corrected chi connectivity index (χ4v) is 4.89. The van der Waals surface area contributed by atoms with Crippen LogP contribution in [0.3, 0.4) is 0 Å². The summed E-state index contributed by atoms with van der Waals surface area (Å²) in [6.45, 7) is 0.0118. The number of aromatic nitrogens is 3. The maximum Gasteiger partial charge on any atom is 0.348 e. The number of halogens is 1. The summed E-state index contributed by atoms with van der Waals surface area (Å²) in [5.74, 6) is -1.72. The van der Waals surface area contributed by atoms with Gasteiger partial charge in [0.2, 0.25) is 10.0 Å². The Balaban J connectivity index is 1.81. The molecule has 12 heteroatoms. The molecule has 0 bridgehead atoms. The monoisotopic (exact) mass is 499 g/mol. The molecular formula is C23H22FN5O5S. The van der Waals surface area contributed by atoms with Crippen LogP contribution in [0, 0.1) is 5.82 Å². The van der Waals surface area contributed by atoms with Crippen molar-refractivity contribution in [3.8, 4) is 28.6 Å². The number of hydrogen-bond donors (Lipinski definition) is 4. The maximum absolute atomic E-state index is 13.3. The normalized spacial score (nSPS) is 11.8. The van der Waals surface area contributed by atoms with E-state index in [0.717, 1.165) is 21.0 Å². The minimum Gasteiger partial charge on any atom is -0.507 e. The van der Waals surface area contributed by atoms with Gasteiger partial charge in [-0.05, 0) is 35.4 Å². The highest BCUT2D eigenvalue weighted by Crippen LogP contribution is 2.37. The lowest BCUT2D eigenvalue weighted by Gasteiger charge is -2.19. The quantitative estimate of drug-likeness (QED) is 0.303. The van der Waals surface area contributed by atoms with Crippen molar-refractivity contribution in [2.75, 3.05) is 7.05 Å². The molecule has 0 radical (unpaired) electrons. The van der Waals surface area contributed by atoms with E-state index < -0.39 is 37.9 Å². The van der Waals surface area contributed by atoms with Crippen molar-refractivity contribution in [2.24, 2.45) is 5.73 Å². The Morgan fingerprint density at radius 1 is 1.09 bits per heavy atom. The van der Waals surface area contributed by atoms with Crippen molar-refractivity contribution in [2.45, 2.75) is 18.0 Å². The van der Waals surface area contributed by atoms with Crippen molar-refractivity contribution in [1.29, 1.82) is 0 Å². The first-order valence-corrected chi connectivity index (χ1v) is 11.8. The molecule has 5 N–H and O–H groups in total. The number of benzene rings is 3. The van der Waals surface area contributed by atoms with Gasteiger partial charge in [-0.15, -0.1) is 0 Å². The van der Waals surface area contributed by atoms with E-state index in [1.54, 1.807) is 24.3 Å². The smallest absolute Gasteiger partial charge is 0.348 e. The molecule has 0 aliphatic heterocycles. The maximum atomic E-state index is 13.3. The Morgan fingerprint density at radius 2 is 1.77 bits per heavy atom. The van der Waals surface area contributed by atoms with E-state index in [0.29, 0.717) is 16.8 Å². The van der Waals surface area contributed by atoms with Crippen LogP contribution in [0.15, 0.2) is 70.4 Å². The second-order valence-electron chi connectivity index (χ2n) is 7.75. The molecule has 0 aliphatic rings. The summed E-state index contributed by atoms with van der Waals surface area (Å²) >= 11 is 0. The van der Waals surface area contributed by atoms with Crippen molar-refractivity contribution >= 4 is 10.0 Å². The molecule has 0 atom stereocenters. The number of H-pyrrole nitrogens is 1. The summed E-state index contributed by atoms with van der Waals surface area (Å²) < 4.78 is 41.9. The van der Waals surface area contributed by atoms with Gasteiger partial charge in [0.25, 0.3) is 0 Å². The van der Waals surface area contributed by atoms with Gasteiger partial charge in [-0.1, -0.05) is 30.3 Å². The largest absolute Gasteiger partial charge is 0.507 e. The highest BCUT2D eigenvalue weighted by molar-refractivity contribution is 7.89. The molecule has 4 aromatic rings. The molecule has 0 saturated carbocycles. The SMILES string of the molecule is CN(Cc1ccc(F)cc1)S(=O)(=O)c1cc(-c2n[nH]c(=O)n2-c2ccccc2CN)c(O)cc1O. The number of sulfonamides is 1. The Hall–Kier alpha value is -4.00. The summed E-state index contributed by atoms with van der Waals surface area (Å²) in [6, 6.07) is 14.0. The molecule has 0 fully saturated rings. The van der Waals surface area contributed by atoms with E-state index in [1.807, 2.05) is 0 Å². The molecule has 0 spiro atoms. The molecule has 35 heavy (non-hydrogen) atoms. The van der Waals surface area contributed by atoms with Crippen LogP contribution in [0.2, 0.25) is 0 Å². The van der Waals surface area contributed by atoms with E-state index in [4.69, 9.17) is 5.73 Å². The fourth-order valence-electron chi connectivity index (χ4n) is 3.65. The molecule has 1 aromatic heterocycles. The number of aromatic amines is 1. The molecule has 0 unspecified atom stereocenters. The van der Waals surface area contributed by atoms with Crippen LogP contribution in [0.1, 0.15) is 11.1 Å². The van der Waals surface area contributed by atoms with E-state index in [9.17, 15) is 27.8 Å². The zero-order valence-corrected chi connectivity index (χ0v) is 19.3. The predicted octanol–water partition coefficient (Wildman–Crippen LogP) is 2.06. The molecule has 4 rings (SSSR count). The van der Waals surface area contributed by atoms with Gasteiger partial charge in [-0.2, -0.15) is 9.40 Å². The number of hydrogen-bond acceptors (Lipinski definition) is 7. The third-order valence-corrected chi connectivity index (χ3v) is 7.28. The Labute approximate surface area is 199 Å². The molecule has 0 aliphatic carbocycles. The van der Waals surface area contributed by atoms with Crippen LogP contribution in [-0.2, 0) is 23.1 Å². The number of phenols is 2. The van der Waals surface area contributed by atoms with Crippen molar-refractivity contribution in [3.05, 3.63) is 88.1 Å². The van der Waals surface area contributed by atoms with Crippen LogP contribution in [0.4, 0.5) is 4.39 Å². The highest BCUT2D eigenvalue weighted by Gasteiger charge is 2.28. The summed E-state index contributed by atoms with van der Waals surface area (Å²) in [5.41, 5.74) is 6.59. The second-order valence-corrected chi connectivity index (χ2v) is 9.76. The summed E-state index contributed by atoms with van der Waals surface area (Å²) in [4.78, 5) is 12.1. The van der Waals surface area contributed by atoms with Gasteiger partial charge >= 0.3 is 5.69 Å². The molecule has 1 heterocycles. The summed E-state index contributed by atoms with van der Waals surface area (Å²) in [5, 5.41) is 27.2. The van der Waals surface area contributed by atoms with Gasteiger partial charge in [0.1, 0.15) is 22.2 Å². The number of phenolic OH excluding ortho intramolecular Hbond substituents is 2. The summed E-state index contributed by atoms with van der Waals surface area (Å²) in [7, 11) is -2.98. The van der Waals surface area contributed by atoms with E-state index in [-0.39, 0.29) is 24.5 Å². The lowest BCUT2D eigenvalue weighted by molar-refractivity contribution is 0.430. The predicted molar refractivity (Wildman–Crippen MR) is 126 cm³/mol. The van der Waals surface area contributed by atoms with Gasteiger partial charge in [0, 0.05) is 26.2 Å². The lowest BCUT2D eigenvalue weighted by Crippen LogP contribution is -2.26. The number of aromatic hydroxyl groups is 2. The molecule has 3 aromatic carbocycles. The number of rotatable bonds is 7. The zero-order valence-electron chi connectivity index (χ0n) is 18.5. The third kappa shape index (κ3) is 4.54. The third-order valence-electron chi connectivity index (χ3n) is 5.45. The van der Waals surface area contributed by atoms with E-state index >= 15 is 0 Å². The van der Waals surface area contributed by atoms with Gasteiger partial charge in [-0.3, -0.25) is 0 Å². The number of nitrogens with two attached hydrogens (primary N) is 1. The summed E-state index contributed by atoms with van der Waals surface area (Å²) in [6.07, 6.45) is 0. The fraction of sp³-hybridized carbons (Fsp3) is 0.130. The Kier molecular flexibility index (Phi) is 6.43. The average molecular weight is 500 g/mol. The van der Waals surface area contributed by atoms with Gasteiger partial charge in [-0.25, -0.2) is 27.3 Å². The molecular weight excluding hydrogens is 477 g/mol. The average Bonchev–Trinajstić information content (AvgIpc) is 3.21. The van der Waals surface area contributed by atoms with Crippen LogP contribution in [0.5, 0.6) is 11.5 Å². The number of nitrogens with one attached hydrogen (secondary N) is 1. The topological polar surface area (TPSA) is 155 Å². The van der Waals surface area contributed by atoms with Crippen LogP contribution in [0.25, 0.3) is 17.1 Å². The number of nitrogens with zero attached hydrogens (tertiary/aromatic N) is 3. The van der Waals surface area contributed by atoms with Crippen molar-refractivity contribution < 1.29 is 23.0 Å². The lowest BCUT2D eigenvalue weighted by atomic mass is 10.1. The first kappa shape index (κ1) is 24.1. The van der Waals surface area contributed by atoms with E-state index in [2.05, 4.69) is 10.2 Å². The van der Waals surface area contributed by atoms with Gasteiger partial charge < -0.3 is 15.9 Å². The molecule has 182 valence electrons. The second kappa shape index (κ2) is 9.33. The van der Waals surface area contributed by atoms with Gasteiger partial charge in [0.15, 0.2) is 5.82 Å². The van der Waals surface area contributed by atoms with Crippen molar-refractivity contribution in [1.82, 2.24) is 19.1 Å². The van der Waals surface area contributed by atoms with Crippen LogP contribution >= 0.6 is 0 Å². The first-order valence-electron chi connectivity index (χ1n) is 10.4. The Morgan fingerprint density at radius 3 is 2.46 bits per heavy atom. The molecule has 0 amide bonds. The standard InChI is InChI=1S/C23H22FN5O5S/c1-28(13-14-6-8-16(24)9-7-14)35(33,34)21-10-17(19(30)11-20(21)31)22-26-27-23(32)29(22)18-5-3-2-4-15(18)12-25/h2-11,30-31H,12-13,25H2,1H3,(H,27,32). The number of para-hydroxylation sites is 1. The van der Waals surface area contributed by atoms with Crippen LogP contribution < -0.4 is 11.4 Å². The van der Waals surface area contributed by atoms with E-state index in [1.165, 1.54) is 31.3 Å².